The molecule has 0 atom stereocenters. The molecule has 0 saturated heterocycles. The van der Waals surface area contributed by atoms with Crippen LogP contribution in [0.1, 0.15) is 24.0 Å². The van der Waals surface area contributed by atoms with Crippen LogP contribution in [0.2, 0.25) is 0 Å². The molecule has 0 radical (unpaired) electrons. The Bertz CT molecular complexity index is 1160. The highest BCUT2D eigenvalue weighted by molar-refractivity contribution is 7.91. The van der Waals surface area contributed by atoms with E-state index in [1.807, 2.05) is 0 Å². The number of alkyl halides is 6. The maximum atomic E-state index is 13.7. The van der Waals surface area contributed by atoms with Crippen molar-refractivity contribution in [3.05, 3.63) is 53.7 Å². The van der Waals surface area contributed by atoms with E-state index in [0.717, 1.165) is 32.1 Å². The zero-order valence-electron chi connectivity index (χ0n) is 19.5. The third-order valence-electron chi connectivity index (χ3n) is 5.61. The van der Waals surface area contributed by atoms with E-state index in [0.29, 0.717) is 17.7 Å². The third kappa shape index (κ3) is 6.79. The zero-order valence-corrected chi connectivity index (χ0v) is 20.3. The summed E-state index contributed by atoms with van der Waals surface area (Å²) in [6, 6.07) is 5.63. The number of benzene rings is 1. The molecule has 1 aliphatic rings. The minimum absolute atomic E-state index is 0.0111. The first-order chi connectivity index (χ1) is 17.2. The van der Waals surface area contributed by atoms with Gasteiger partial charge in [-0.15, -0.1) is 0 Å². The third-order valence-corrected chi connectivity index (χ3v) is 7.40. The van der Waals surface area contributed by atoms with Gasteiger partial charge in [0.25, 0.3) is 5.60 Å². The van der Waals surface area contributed by atoms with Gasteiger partial charge >= 0.3 is 12.4 Å². The predicted molar refractivity (Wildman–Crippen MR) is 119 cm³/mol. The highest BCUT2D eigenvalue weighted by Gasteiger charge is 2.73. The number of pyridine rings is 1. The number of hydrogen-bond donors (Lipinski definition) is 1. The number of nitrogens with zero attached hydrogens (tertiary/aromatic N) is 1. The van der Waals surface area contributed by atoms with Gasteiger partial charge < -0.3 is 14.8 Å². The van der Waals surface area contributed by atoms with E-state index in [9.17, 15) is 39.6 Å². The number of rotatable bonds is 11. The Kier molecular flexibility index (Phi) is 8.54. The molecule has 204 valence electrons. The summed E-state index contributed by atoms with van der Waals surface area (Å²) in [4.78, 5) is 16.2. The smallest absolute Gasteiger partial charge is 0.382 e. The molecule has 1 heterocycles. The van der Waals surface area contributed by atoms with Crippen LogP contribution in [0.25, 0.3) is 0 Å². The number of hydrogen-bond acceptors (Lipinski definition) is 6. The molecule has 1 saturated carbocycles. The molecule has 0 bridgehead atoms. The van der Waals surface area contributed by atoms with Crippen LogP contribution in [0.5, 0.6) is 0 Å². The molecule has 3 rings (SSSR count). The lowest BCUT2D eigenvalue weighted by molar-refractivity contribution is -0.390. The maximum Gasteiger partial charge on any atom is 0.430 e. The standard InChI is InChI=1S/C23H24F6N2O5S/c1-35-10-11-36-21(22(24,25)26,23(27,28)29)17-5-7-18(8-6-17)31-19(32)12-16-4-9-20(30-13-16)37(33,34)14-15-2-3-15/h4-9,13,15H,2-3,10-12,14H2,1H3,(H,31,32). The van der Waals surface area contributed by atoms with Crippen molar-refractivity contribution >= 4 is 21.4 Å². The van der Waals surface area contributed by atoms with Crippen molar-refractivity contribution in [3.63, 3.8) is 0 Å². The number of aromatic nitrogens is 1. The highest BCUT2D eigenvalue weighted by Crippen LogP contribution is 2.53. The second kappa shape index (κ2) is 11.0. The second-order valence-electron chi connectivity index (χ2n) is 8.55. The minimum Gasteiger partial charge on any atom is -0.382 e. The Balaban J connectivity index is 1.71. The van der Waals surface area contributed by atoms with Crippen molar-refractivity contribution in [2.75, 3.05) is 31.4 Å². The molecule has 1 aromatic heterocycles. The molecule has 2 aromatic rings. The Morgan fingerprint density at radius 1 is 1.00 bits per heavy atom. The van der Waals surface area contributed by atoms with Gasteiger partial charge in [-0.1, -0.05) is 18.2 Å². The molecule has 1 fully saturated rings. The Hall–Kier alpha value is -2.71. The monoisotopic (exact) mass is 554 g/mol. The van der Waals surface area contributed by atoms with Gasteiger partial charge in [-0.05, 0) is 42.5 Å². The lowest BCUT2D eigenvalue weighted by atomic mass is 9.91. The van der Waals surface area contributed by atoms with Crippen molar-refractivity contribution in [1.29, 1.82) is 0 Å². The fourth-order valence-corrected chi connectivity index (χ4v) is 5.19. The van der Waals surface area contributed by atoms with E-state index in [4.69, 9.17) is 0 Å². The van der Waals surface area contributed by atoms with Crippen molar-refractivity contribution in [2.45, 2.75) is 42.2 Å². The summed E-state index contributed by atoms with van der Waals surface area (Å²) >= 11 is 0. The number of methoxy groups -OCH3 is 1. The van der Waals surface area contributed by atoms with E-state index < -0.39 is 52.5 Å². The van der Waals surface area contributed by atoms with Crippen LogP contribution in [0.4, 0.5) is 32.0 Å². The lowest BCUT2D eigenvalue weighted by Crippen LogP contribution is -2.56. The van der Waals surface area contributed by atoms with Crippen molar-refractivity contribution in [3.8, 4) is 0 Å². The maximum absolute atomic E-state index is 13.7. The van der Waals surface area contributed by atoms with Crippen LogP contribution in [-0.4, -0.2) is 57.7 Å². The molecule has 1 N–H and O–H groups in total. The Labute approximate surface area is 209 Å². The number of halogens is 6. The summed E-state index contributed by atoms with van der Waals surface area (Å²) in [5.41, 5.74) is -5.50. The van der Waals surface area contributed by atoms with Gasteiger partial charge in [-0.25, -0.2) is 13.4 Å². The number of ether oxygens (including phenoxy) is 2. The highest BCUT2D eigenvalue weighted by atomic mass is 32.2. The molecule has 0 unspecified atom stereocenters. The van der Waals surface area contributed by atoms with Crippen LogP contribution >= 0.6 is 0 Å². The Morgan fingerprint density at radius 2 is 1.62 bits per heavy atom. The van der Waals surface area contributed by atoms with Gasteiger partial charge in [0, 0.05) is 24.6 Å². The lowest BCUT2D eigenvalue weighted by Gasteiger charge is -2.37. The van der Waals surface area contributed by atoms with E-state index >= 15 is 0 Å². The molecule has 0 spiro atoms. The van der Waals surface area contributed by atoms with Gasteiger partial charge in [0.1, 0.15) is 0 Å². The van der Waals surface area contributed by atoms with E-state index in [1.54, 1.807) is 0 Å². The number of sulfone groups is 1. The van der Waals surface area contributed by atoms with Crippen LogP contribution in [0.15, 0.2) is 47.6 Å². The first kappa shape index (κ1) is 28.9. The number of nitrogens with one attached hydrogen (secondary N) is 1. The van der Waals surface area contributed by atoms with Gasteiger partial charge in [0.2, 0.25) is 5.91 Å². The number of carbonyl (C=O) groups is 1. The topological polar surface area (TPSA) is 94.6 Å². The van der Waals surface area contributed by atoms with Gasteiger partial charge in [0.15, 0.2) is 14.9 Å². The minimum atomic E-state index is -5.84. The van der Waals surface area contributed by atoms with Gasteiger partial charge in [0.05, 0.1) is 25.4 Å². The number of carbonyl (C=O) groups excluding carboxylic acids is 1. The molecule has 1 aliphatic carbocycles. The predicted octanol–water partition coefficient (Wildman–Crippen LogP) is 4.43. The molecule has 1 amide bonds. The first-order valence-corrected chi connectivity index (χ1v) is 12.7. The van der Waals surface area contributed by atoms with Crippen molar-refractivity contribution < 1.29 is 49.0 Å². The van der Waals surface area contributed by atoms with E-state index in [1.165, 1.54) is 18.3 Å². The SMILES string of the molecule is COCCOC(c1ccc(NC(=O)Cc2ccc(S(=O)(=O)CC3CC3)nc2)cc1)(C(F)(F)F)C(F)(F)F. The summed E-state index contributed by atoms with van der Waals surface area (Å²) in [6.07, 6.45) is -9.00. The van der Waals surface area contributed by atoms with Gasteiger partial charge in [-0.3, -0.25) is 4.79 Å². The van der Waals surface area contributed by atoms with Crippen LogP contribution in [0.3, 0.4) is 0 Å². The van der Waals surface area contributed by atoms with Crippen LogP contribution < -0.4 is 5.32 Å². The number of anilines is 1. The molecule has 7 nitrogen and oxygen atoms in total. The molecular weight excluding hydrogens is 530 g/mol. The largest absolute Gasteiger partial charge is 0.430 e. The van der Waals surface area contributed by atoms with Crippen LogP contribution in [-0.2, 0) is 36.1 Å². The fourth-order valence-electron chi connectivity index (χ4n) is 3.57. The zero-order chi connectivity index (χ0) is 27.5. The van der Waals surface area contributed by atoms with Crippen molar-refractivity contribution in [2.24, 2.45) is 5.92 Å². The first-order valence-electron chi connectivity index (χ1n) is 11.0. The molecule has 1 aromatic carbocycles. The molecule has 14 heteroatoms. The normalized spacial score (nSPS) is 15.0. The fraction of sp³-hybridized carbons (Fsp3) is 0.478. The quantitative estimate of drug-likeness (QED) is 0.326. The van der Waals surface area contributed by atoms with Crippen LogP contribution in [0, 0.1) is 5.92 Å². The second-order valence-corrected chi connectivity index (χ2v) is 10.5. The summed E-state index contributed by atoms with van der Waals surface area (Å²) in [6.45, 7) is -1.47. The summed E-state index contributed by atoms with van der Waals surface area (Å²) in [5.74, 6) is -0.493. The van der Waals surface area contributed by atoms with E-state index in [-0.39, 0.29) is 28.8 Å². The summed E-state index contributed by atoms with van der Waals surface area (Å²) < 4.78 is 116. The van der Waals surface area contributed by atoms with Gasteiger partial charge in [-0.2, -0.15) is 26.3 Å². The van der Waals surface area contributed by atoms with Crippen molar-refractivity contribution in [1.82, 2.24) is 4.98 Å². The molecule has 0 aliphatic heterocycles. The average Bonchev–Trinajstić information content (AvgIpc) is 3.59. The molecule has 37 heavy (non-hydrogen) atoms. The number of amides is 1. The summed E-state index contributed by atoms with van der Waals surface area (Å²) in [7, 11) is -2.42. The average molecular weight is 555 g/mol. The Morgan fingerprint density at radius 3 is 2.11 bits per heavy atom. The van der Waals surface area contributed by atoms with E-state index in [2.05, 4.69) is 19.8 Å². The molecular formula is C23H24F6N2O5S. The summed E-state index contributed by atoms with van der Waals surface area (Å²) in [5, 5.41) is 2.26.